The molecule has 2 aromatic carbocycles. The van der Waals surface area contributed by atoms with Gasteiger partial charge in [0.1, 0.15) is 5.75 Å². The number of amides is 1. The minimum absolute atomic E-state index is 0.0383. The molecule has 0 aliphatic carbocycles. The fourth-order valence-electron chi connectivity index (χ4n) is 2.95. The van der Waals surface area contributed by atoms with Crippen molar-refractivity contribution in [1.82, 2.24) is 4.98 Å². The Kier molecular flexibility index (Phi) is 4.56. The molecule has 0 atom stereocenters. The number of aromatic nitrogens is 1. The Bertz CT molecular complexity index is 863. The number of rotatable bonds is 5. The topological polar surface area (TPSA) is 54.1 Å². The molecule has 0 unspecified atom stereocenters. The van der Waals surface area contributed by atoms with E-state index in [-0.39, 0.29) is 5.91 Å². The van der Waals surface area contributed by atoms with Crippen molar-refractivity contribution in [3.05, 3.63) is 48.0 Å². The lowest BCUT2D eigenvalue weighted by molar-refractivity contribution is -0.116. The van der Waals surface area contributed by atoms with Gasteiger partial charge in [-0.15, -0.1) is 0 Å². The lowest BCUT2D eigenvalue weighted by Gasteiger charge is -2.09. The number of carbonyl (C=O) groups is 1. The van der Waals surface area contributed by atoms with Gasteiger partial charge >= 0.3 is 0 Å². The SMILES string of the molecule is CCCC(=O)Nc1c(-c2ccc(OC)cc2)[nH]c2cccc(C)c12. The minimum atomic E-state index is 0.0383. The molecule has 3 rings (SSSR count). The zero-order valence-corrected chi connectivity index (χ0v) is 14.3. The van der Waals surface area contributed by atoms with E-state index >= 15 is 0 Å². The highest BCUT2D eigenvalue weighted by atomic mass is 16.5. The highest BCUT2D eigenvalue weighted by molar-refractivity contribution is 6.09. The van der Waals surface area contributed by atoms with E-state index in [1.54, 1.807) is 7.11 Å². The van der Waals surface area contributed by atoms with E-state index in [0.717, 1.165) is 45.6 Å². The summed E-state index contributed by atoms with van der Waals surface area (Å²) in [6, 6.07) is 13.9. The molecule has 24 heavy (non-hydrogen) atoms. The van der Waals surface area contributed by atoms with Crippen LogP contribution in [0, 0.1) is 6.92 Å². The van der Waals surface area contributed by atoms with Crippen molar-refractivity contribution in [3.63, 3.8) is 0 Å². The third kappa shape index (κ3) is 3.00. The number of aryl methyl sites for hydroxylation is 1. The third-order valence-corrected chi connectivity index (χ3v) is 4.15. The highest BCUT2D eigenvalue weighted by Gasteiger charge is 2.16. The second-order valence-corrected chi connectivity index (χ2v) is 5.90. The smallest absolute Gasteiger partial charge is 0.224 e. The Morgan fingerprint density at radius 2 is 1.92 bits per heavy atom. The Labute approximate surface area is 141 Å². The normalized spacial score (nSPS) is 10.8. The summed E-state index contributed by atoms with van der Waals surface area (Å²) in [6.07, 6.45) is 1.34. The summed E-state index contributed by atoms with van der Waals surface area (Å²) in [5.74, 6) is 0.846. The molecule has 1 amide bonds. The predicted octanol–water partition coefficient (Wildman–Crippen LogP) is 4.89. The first-order chi connectivity index (χ1) is 11.6. The van der Waals surface area contributed by atoms with Crippen molar-refractivity contribution in [2.75, 3.05) is 12.4 Å². The van der Waals surface area contributed by atoms with Crippen LogP contribution in [0.15, 0.2) is 42.5 Å². The summed E-state index contributed by atoms with van der Waals surface area (Å²) >= 11 is 0. The average molecular weight is 322 g/mol. The third-order valence-electron chi connectivity index (χ3n) is 4.15. The van der Waals surface area contributed by atoms with E-state index in [4.69, 9.17) is 4.74 Å². The van der Waals surface area contributed by atoms with Gasteiger partial charge < -0.3 is 15.0 Å². The number of ether oxygens (including phenoxy) is 1. The van der Waals surface area contributed by atoms with Gasteiger partial charge in [-0.1, -0.05) is 19.1 Å². The second kappa shape index (κ2) is 6.79. The summed E-state index contributed by atoms with van der Waals surface area (Å²) in [6.45, 7) is 4.06. The standard InChI is InChI=1S/C20H22N2O2/c1-4-6-17(23)22-20-18-13(2)7-5-8-16(18)21-19(20)14-9-11-15(24-3)12-10-14/h5,7-12,21H,4,6H2,1-3H3,(H,22,23). The molecule has 0 fully saturated rings. The van der Waals surface area contributed by atoms with Gasteiger partial charge in [0.05, 0.1) is 18.5 Å². The number of methoxy groups -OCH3 is 1. The van der Waals surface area contributed by atoms with E-state index in [2.05, 4.69) is 23.3 Å². The number of fused-ring (bicyclic) bond motifs is 1. The number of carbonyl (C=O) groups excluding carboxylic acids is 1. The maximum absolute atomic E-state index is 12.2. The van der Waals surface area contributed by atoms with Gasteiger partial charge in [0.15, 0.2) is 0 Å². The monoisotopic (exact) mass is 322 g/mol. The number of benzene rings is 2. The molecular formula is C20H22N2O2. The Morgan fingerprint density at radius 3 is 2.58 bits per heavy atom. The first-order valence-corrected chi connectivity index (χ1v) is 8.19. The van der Waals surface area contributed by atoms with Crippen molar-refractivity contribution in [2.45, 2.75) is 26.7 Å². The average Bonchev–Trinajstić information content (AvgIpc) is 2.95. The Morgan fingerprint density at radius 1 is 1.17 bits per heavy atom. The van der Waals surface area contributed by atoms with E-state index < -0.39 is 0 Å². The van der Waals surface area contributed by atoms with Gasteiger partial charge in [0.2, 0.25) is 5.91 Å². The number of hydrogen-bond donors (Lipinski definition) is 2. The van der Waals surface area contributed by atoms with Crippen molar-refractivity contribution in [1.29, 1.82) is 0 Å². The van der Waals surface area contributed by atoms with E-state index in [1.807, 2.05) is 43.3 Å². The second-order valence-electron chi connectivity index (χ2n) is 5.90. The van der Waals surface area contributed by atoms with Crippen LogP contribution >= 0.6 is 0 Å². The summed E-state index contributed by atoms with van der Waals surface area (Å²) in [5, 5.41) is 4.16. The molecule has 4 heteroatoms. The summed E-state index contributed by atoms with van der Waals surface area (Å²) in [7, 11) is 1.65. The van der Waals surface area contributed by atoms with E-state index in [9.17, 15) is 4.79 Å². The quantitative estimate of drug-likeness (QED) is 0.702. The van der Waals surface area contributed by atoms with Crippen molar-refractivity contribution >= 4 is 22.5 Å². The lowest BCUT2D eigenvalue weighted by atomic mass is 10.1. The van der Waals surface area contributed by atoms with Gasteiger partial charge in [0, 0.05) is 22.9 Å². The van der Waals surface area contributed by atoms with Crippen molar-refractivity contribution in [3.8, 4) is 17.0 Å². The maximum atomic E-state index is 12.2. The highest BCUT2D eigenvalue weighted by Crippen LogP contribution is 2.37. The largest absolute Gasteiger partial charge is 0.497 e. The molecule has 0 saturated carbocycles. The van der Waals surface area contributed by atoms with Gasteiger partial charge in [-0.2, -0.15) is 0 Å². The van der Waals surface area contributed by atoms with Crippen LogP contribution in [0.5, 0.6) is 5.75 Å². The van der Waals surface area contributed by atoms with Crippen LogP contribution in [0.3, 0.4) is 0 Å². The zero-order valence-electron chi connectivity index (χ0n) is 14.3. The van der Waals surface area contributed by atoms with Crippen LogP contribution in [0.25, 0.3) is 22.2 Å². The summed E-state index contributed by atoms with van der Waals surface area (Å²) in [4.78, 5) is 15.7. The van der Waals surface area contributed by atoms with Crippen LogP contribution in [-0.2, 0) is 4.79 Å². The molecule has 0 radical (unpaired) electrons. The van der Waals surface area contributed by atoms with Gasteiger partial charge in [-0.05, 0) is 49.2 Å². The Hall–Kier alpha value is -2.75. The van der Waals surface area contributed by atoms with E-state index in [0.29, 0.717) is 6.42 Å². The first kappa shape index (κ1) is 16.1. The van der Waals surface area contributed by atoms with Crippen molar-refractivity contribution in [2.24, 2.45) is 0 Å². The first-order valence-electron chi connectivity index (χ1n) is 8.19. The minimum Gasteiger partial charge on any atom is -0.497 e. The predicted molar refractivity (Wildman–Crippen MR) is 98.6 cm³/mol. The van der Waals surface area contributed by atoms with Crippen LogP contribution < -0.4 is 10.1 Å². The fraction of sp³-hybridized carbons (Fsp3) is 0.250. The Balaban J connectivity index is 2.14. The maximum Gasteiger partial charge on any atom is 0.224 e. The summed E-state index contributed by atoms with van der Waals surface area (Å²) < 4.78 is 5.23. The van der Waals surface area contributed by atoms with Crippen LogP contribution in [0.4, 0.5) is 5.69 Å². The number of hydrogen-bond acceptors (Lipinski definition) is 2. The molecule has 1 aromatic heterocycles. The molecule has 0 aliphatic rings. The lowest BCUT2D eigenvalue weighted by Crippen LogP contribution is -2.11. The van der Waals surface area contributed by atoms with Gasteiger partial charge in [-0.3, -0.25) is 4.79 Å². The molecule has 1 heterocycles. The molecule has 0 spiro atoms. The van der Waals surface area contributed by atoms with Crippen LogP contribution in [0.1, 0.15) is 25.3 Å². The fourth-order valence-corrected chi connectivity index (χ4v) is 2.95. The zero-order chi connectivity index (χ0) is 17.1. The molecule has 124 valence electrons. The molecule has 4 nitrogen and oxygen atoms in total. The van der Waals surface area contributed by atoms with Crippen LogP contribution in [0.2, 0.25) is 0 Å². The molecule has 0 saturated heterocycles. The van der Waals surface area contributed by atoms with E-state index in [1.165, 1.54) is 0 Å². The van der Waals surface area contributed by atoms with Gasteiger partial charge in [0.25, 0.3) is 0 Å². The number of nitrogens with one attached hydrogen (secondary N) is 2. The molecular weight excluding hydrogens is 300 g/mol. The van der Waals surface area contributed by atoms with Gasteiger partial charge in [-0.25, -0.2) is 0 Å². The van der Waals surface area contributed by atoms with Crippen molar-refractivity contribution < 1.29 is 9.53 Å². The molecule has 2 N–H and O–H groups in total. The number of aromatic amines is 1. The van der Waals surface area contributed by atoms with Crippen LogP contribution in [-0.4, -0.2) is 18.0 Å². The molecule has 0 bridgehead atoms. The number of H-pyrrole nitrogens is 1. The number of anilines is 1. The summed E-state index contributed by atoms with van der Waals surface area (Å²) in [5.41, 5.74) is 4.94. The molecule has 0 aliphatic heterocycles. The molecule has 3 aromatic rings.